The van der Waals surface area contributed by atoms with Gasteiger partial charge in [0.15, 0.2) is 71.5 Å². The normalized spacial score (nSPS) is 12.3. The maximum atomic E-state index is 5.60. The second-order valence-electron chi connectivity index (χ2n) is 12.5. The average Bonchev–Trinajstić information content (AvgIpc) is 3.20. The Hall–Kier alpha value is -5.90. The molecule has 52 heavy (non-hydrogen) atoms. The molecule has 2 aromatic heterocycles. The summed E-state index contributed by atoms with van der Waals surface area (Å²) in [5.74, 6) is 6.03. The van der Waals surface area contributed by atoms with Crippen LogP contribution in [0.25, 0.3) is 44.1 Å². The molecule has 0 saturated carbocycles. The largest absolute Gasteiger partial charge is 0.493 e. The van der Waals surface area contributed by atoms with E-state index in [1.54, 1.807) is 56.9 Å². The molecular formula is C42H44N2O8+2. The van der Waals surface area contributed by atoms with E-state index in [1.165, 1.54) is 22.3 Å². The maximum absolute atomic E-state index is 5.60. The van der Waals surface area contributed by atoms with Crippen molar-refractivity contribution in [3.8, 4) is 68.5 Å². The van der Waals surface area contributed by atoms with Crippen LogP contribution in [0.4, 0.5) is 0 Å². The molecule has 0 N–H and O–H groups in total. The molecule has 2 aliphatic heterocycles. The Labute approximate surface area is 303 Å². The first-order chi connectivity index (χ1) is 25.4. The fraction of sp³-hybridized carbons (Fsp3) is 0.286. The van der Waals surface area contributed by atoms with Gasteiger partial charge in [-0.15, -0.1) is 0 Å². The summed E-state index contributed by atoms with van der Waals surface area (Å²) in [6.07, 6.45) is 6.16. The van der Waals surface area contributed by atoms with Crippen molar-refractivity contribution in [1.82, 2.24) is 0 Å². The highest BCUT2D eigenvalue weighted by molar-refractivity contribution is 5.93. The summed E-state index contributed by atoms with van der Waals surface area (Å²) in [6.45, 7) is 1.79. The summed E-state index contributed by atoms with van der Waals surface area (Å²) in [5.41, 5.74) is 7.19. The van der Waals surface area contributed by atoms with Crippen molar-refractivity contribution in [2.45, 2.75) is 25.9 Å². The Morgan fingerprint density at radius 2 is 0.769 bits per heavy atom. The number of hydrogen-bond donors (Lipinski definition) is 0. The van der Waals surface area contributed by atoms with Crippen molar-refractivity contribution in [2.24, 2.45) is 0 Å². The molecule has 6 aromatic rings. The van der Waals surface area contributed by atoms with Crippen LogP contribution in [0.5, 0.6) is 46.0 Å². The lowest BCUT2D eigenvalue weighted by molar-refractivity contribution is -0.686. The summed E-state index contributed by atoms with van der Waals surface area (Å²) in [6, 6.07) is 20.7. The van der Waals surface area contributed by atoms with Crippen LogP contribution in [0.1, 0.15) is 11.1 Å². The Bertz CT molecular complexity index is 2160. The number of rotatable bonds is 8. The molecule has 0 amide bonds. The molecular weight excluding hydrogens is 660 g/mol. The minimum absolute atomic E-state index is 0.739. The smallest absolute Gasteiger partial charge is 0.213 e. The minimum Gasteiger partial charge on any atom is -0.493 e. The quantitative estimate of drug-likeness (QED) is 0.161. The van der Waals surface area contributed by atoms with E-state index >= 15 is 0 Å². The van der Waals surface area contributed by atoms with Gasteiger partial charge >= 0.3 is 0 Å². The zero-order valence-corrected chi connectivity index (χ0v) is 30.9. The Morgan fingerprint density at radius 3 is 1.12 bits per heavy atom. The van der Waals surface area contributed by atoms with E-state index in [1.807, 2.05) is 12.1 Å². The molecule has 268 valence electrons. The topological polar surface area (TPSA) is 81.6 Å². The molecule has 10 heteroatoms. The standard InChI is InChI=1S/2C21H22NO4/c2*1-23-18-6-5-13-9-17-15-11-20(25-3)19(24-2)10-14(15)7-8-22(17)12-16(13)21(18)26-4/h2*5-6,9-12H,7-8H2,1-4H3/q2*+1. The number of pyridine rings is 2. The molecule has 0 fully saturated rings. The molecule has 0 radical (unpaired) electrons. The van der Waals surface area contributed by atoms with Gasteiger partial charge < -0.3 is 37.9 Å². The van der Waals surface area contributed by atoms with Crippen molar-refractivity contribution in [3.05, 3.63) is 84.2 Å². The first-order valence-electron chi connectivity index (χ1n) is 17.1. The Kier molecular flexibility index (Phi) is 9.55. The number of nitrogens with zero attached hydrogens (tertiary/aromatic N) is 2. The van der Waals surface area contributed by atoms with Crippen LogP contribution in [0.2, 0.25) is 0 Å². The van der Waals surface area contributed by atoms with Crippen LogP contribution in [0.3, 0.4) is 0 Å². The molecule has 4 aromatic carbocycles. The first-order valence-corrected chi connectivity index (χ1v) is 17.1. The average molecular weight is 705 g/mol. The predicted octanol–water partition coefficient (Wildman–Crippen LogP) is 6.77. The number of ether oxygens (including phenoxy) is 8. The van der Waals surface area contributed by atoms with Crippen LogP contribution in [0, 0.1) is 0 Å². The summed E-state index contributed by atoms with van der Waals surface area (Å²) in [7, 11) is 13.3. The maximum Gasteiger partial charge on any atom is 0.213 e. The number of methoxy groups -OCH3 is 8. The monoisotopic (exact) mass is 704 g/mol. The fourth-order valence-corrected chi connectivity index (χ4v) is 7.41. The highest BCUT2D eigenvalue weighted by Crippen LogP contribution is 2.42. The number of aromatic nitrogens is 2. The molecule has 2 aliphatic rings. The van der Waals surface area contributed by atoms with Gasteiger partial charge in [0.25, 0.3) is 0 Å². The van der Waals surface area contributed by atoms with Gasteiger partial charge in [0.2, 0.25) is 11.4 Å². The molecule has 0 aliphatic carbocycles. The van der Waals surface area contributed by atoms with Gasteiger partial charge in [-0.3, -0.25) is 0 Å². The van der Waals surface area contributed by atoms with E-state index in [-0.39, 0.29) is 0 Å². The summed E-state index contributed by atoms with van der Waals surface area (Å²) >= 11 is 0. The van der Waals surface area contributed by atoms with Gasteiger partial charge in [-0.25, -0.2) is 0 Å². The third-order valence-electron chi connectivity index (χ3n) is 10.0. The minimum atomic E-state index is 0.739. The van der Waals surface area contributed by atoms with E-state index in [0.717, 1.165) is 105 Å². The number of aryl methyl sites for hydroxylation is 4. The molecule has 0 unspecified atom stereocenters. The van der Waals surface area contributed by atoms with Crippen LogP contribution in [-0.4, -0.2) is 56.9 Å². The molecule has 4 heterocycles. The van der Waals surface area contributed by atoms with E-state index in [0.29, 0.717) is 0 Å². The van der Waals surface area contributed by atoms with E-state index < -0.39 is 0 Å². The molecule has 0 saturated heterocycles. The highest BCUT2D eigenvalue weighted by atomic mass is 16.5. The number of hydrogen-bond acceptors (Lipinski definition) is 8. The summed E-state index contributed by atoms with van der Waals surface area (Å²) in [4.78, 5) is 0. The first kappa shape index (κ1) is 34.5. The highest BCUT2D eigenvalue weighted by Gasteiger charge is 2.29. The van der Waals surface area contributed by atoms with Gasteiger partial charge in [-0.2, -0.15) is 9.13 Å². The molecule has 8 rings (SSSR count). The van der Waals surface area contributed by atoms with Gasteiger partial charge in [0, 0.05) is 25.0 Å². The number of fused-ring (bicyclic) bond motifs is 8. The molecule has 0 bridgehead atoms. The van der Waals surface area contributed by atoms with E-state index in [9.17, 15) is 0 Å². The van der Waals surface area contributed by atoms with Crippen LogP contribution < -0.4 is 47.0 Å². The lowest BCUT2D eigenvalue weighted by Gasteiger charge is -2.19. The SMILES string of the molecule is COc1cc2c(cc1OC)-c1cc3ccc(OC)c(OC)c3c[n+]1CC2.COc1cc2c(cc1OC)-c1cc3ccc(OC)c(OC)c3c[n+]1CC2. The summed E-state index contributed by atoms with van der Waals surface area (Å²) in [5, 5.41) is 4.30. The fourth-order valence-electron chi connectivity index (χ4n) is 7.41. The third kappa shape index (κ3) is 5.87. The van der Waals surface area contributed by atoms with Gasteiger partial charge in [0.1, 0.15) is 0 Å². The Morgan fingerprint density at radius 1 is 0.404 bits per heavy atom. The van der Waals surface area contributed by atoms with Crippen LogP contribution in [-0.2, 0) is 25.9 Å². The zero-order chi connectivity index (χ0) is 36.5. The summed E-state index contributed by atoms with van der Waals surface area (Å²) < 4.78 is 48.5. The van der Waals surface area contributed by atoms with Crippen molar-refractivity contribution in [2.75, 3.05) is 56.9 Å². The molecule has 0 spiro atoms. The lowest BCUT2D eigenvalue weighted by Crippen LogP contribution is -2.40. The molecule has 0 atom stereocenters. The lowest BCUT2D eigenvalue weighted by atomic mass is 9.95. The van der Waals surface area contributed by atoms with Gasteiger partial charge in [-0.05, 0) is 70.4 Å². The van der Waals surface area contributed by atoms with Crippen LogP contribution in [0.15, 0.2) is 73.1 Å². The third-order valence-corrected chi connectivity index (χ3v) is 10.0. The Balaban J connectivity index is 0.000000162. The number of benzene rings is 4. The van der Waals surface area contributed by atoms with Crippen molar-refractivity contribution in [1.29, 1.82) is 0 Å². The van der Waals surface area contributed by atoms with E-state index in [4.69, 9.17) is 37.9 Å². The van der Waals surface area contributed by atoms with Crippen molar-refractivity contribution < 1.29 is 47.0 Å². The van der Waals surface area contributed by atoms with E-state index in [2.05, 4.69) is 70.1 Å². The van der Waals surface area contributed by atoms with Gasteiger partial charge in [0.05, 0.1) is 78.8 Å². The second kappa shape index (κ2) is 14.4. The second-order valence-corrected chi connectivity index (χ2v) is 12.5. The zero-order valence-electron chi connectivity index (χ0n) is 30.9. The van der Waals surface area contributed by atoms with Crippen molar-refractivity contribution >= 4 is 21.5 Å². The van der Waals surface area contributed by atoms with Crippen molar-refractivity contribution in [3.63, 3.8) is 0 Å². The molecule has 10 nitrogen and oxygen atoms in total. The predicted molar refractivity (Wildman–Crippen MR) is 199 cm³/mol. The van der Waals surface area contributed by atoms with Gasteiger partial charge in [-0.1, -0.05) is 0 Å². The van der Waals surface area contributed by atoms with Crippen LogP contribution >= 0.6 is 0 Å².